The standard InChI is InChI=1S/C25H23ClF5N3O5/c1-11(2)39-24(36)19-15(10-38-16-5-4-8-33-22(16)32)34-14(9-27)18(23(35)37-3)20(19)17-13(28)7-6-12(26)21(17)25(29,30)31/h4-8,11,20,34H,9-10H2,1-3H3,(H2,32,33). The number of nitrogens with two attached hydrogens (primary N) is 1. The summed E-state index contributed by atoms with van der Waals surface area (Å²) < 4.78 is 87.9. The molecule has 0 spiro atoms. The number of dihydropyridines is 1. The molecule has 2 heterocycles. The van der Waals surface area contributed by atoms with Crippen molar-refractivity contribution in [3.8, 4) is 5.75 Å². The number of benzene rings is 1. The molecule has 0 aliphatic carbocycles. The average Bonchev–Trinajstić information content (AvgIpc) is 2.86. The Hall–Kier alpha value is -3.87. The van der Waals surface area contributed by atoms with Gasteiger partial charge in [0.25, 0.3) is 0 Å². The number of nitrogen functional groups attached to an aromatic ring is 1. The molecule has 8 nitrogen and oxygen atoms in total. The van der Waals surface area contributed by atoms with Gasteiger partial charge < -0.3 is 25.3 Å². The number of hydrogen-bond acceptors (Lipinski definition) is 8. The van der Waals surface area contributed by atoms with E-state index >= 15 is 4.39 Å². The molecule has 1 aromatic heterocycles. The first kappa shape index (κ1) is 29.7. The molecule has 2 aromatic rings. The van der Waals surface area contributed by atoms with Gasteiger partial charge in [0.15, 0.2) is 11.6 Å². The molecule has 39 heavy (non-hydrogen) atoms. The van der Waals surface area contributed by atoms with Crippen molar-refractivity contribution >= 4 is 29.4 Å². The number of nitrogens with zero attached hydrogens (tertiary/aromatic N) is 1. The van der Waals surface area contributed by atoms with E-state index in [1.807, 2.05) is 0 Å². The molecule has 0 amide bonds. The summed E-state index contributed by atoms with van der Waals surface area (Å²) in [4.78, 5) is 30.1. The molecule has 14 heteroatoms. The van der Waals surface area contributed by atoms with E-state index in [2.05, 4.69) is 15.0 Å². The highest BCUT2D eigenvalue weighted by Crippen LogP contribution is 2.48. The van der Waals surface area contributed by atoms with E-state index in [1.54, 1.807) is 0 Å². The number of aromatic nitrogens is 1. The van der Waals surface area contributed by atoms with Crippen LogP contribution >= 0.6 is 11.6 Å². The Kier molecular flexibility index (Phi) is 9.05. The van der Waals surface area contributed by atoms with E-state index in [0.29, 0.717) is 12.1 Å². The van der Waals surface area contributed by atoms with E-state index in [9.17, 15) is 27.2 Å². The molecular formula is C25H23ClF5N3O5. The highest BCUT2D eigenvalue weighted by Gasteiger charge is 2.47. The largest absolute Gasteiger partial charge is 0.484 e. The maximum Gasteiger partial charge on any atom is 0.418 e. The highest BCUT2D eigenvalue weighted by molar-refractivity contribution is 6.31. The van der Waals surface area contributed by atoms with Gasteiger partial charge in [-0.1, -0.05) is 11.6 Å². The molecule has 0 saturated heterocycles. The first-order valence-corrected chi connectivity index (χ1v) is 11.7. The minimum Gasteiger partial charge on any atom is -0.484 e. The third-order valence-corrected chi connectivity index (χ3v) is 5.83. The lowest BCUT2D eigenvalue weighted by Gasteiger charge is -2.33. The summed E-state index contributed by atoms with van der Waals surface area (Å²) in [5.41, 5.74) is 0.562. The fourth-order valence-electron chi connectivity index (χ4n) is 4.00. The number of methoxy groups -OCH3 is 1. The van der Waals surface area contributed by atoms with Crippen LogP contribution in [0.3, 0.4) is 0 Å². The van der Waals surface area contributed by atoms with E-state index in [0.717, 1.165) is 7.11 Å². The Morgan fingerprint density at radius 1 is 1.15 bits per heavy atom. The number of ether oxygens (including phenoxy) is 3. The zero-order valence-electron chi connectivity index (χ0n) is 20.8. The predicted molar refractivity (Wildman–Crippen MR) is 130 cm³/mol. The third kappa shape index (κ3) is 6.24. The topological polar surface area (TPSA) is 113 Å². The molecule has 1 unspecified atom stereocenters. The number of alkyl halides is 4. The minimum atomic E-state index is -5.25. The van der Waals surface area contributed by atoms with Crippen LogP contribution in [0.25, 0.3) is 0 Å². The summed E-state index contributed by atoms with van der Waals surface area (Å²) in [7, 11) is 0.890. The Morgan fingerprint density at radius 2 is 1.82 bits per heavy atom. The SMILES string of the molecule is COC(=O)C1=C(CF)NC(COc2cccnc2N)=C(C(=O)OC(C)C)C1c1c(F)ccc(Cl)c1C(F)(F)F. The number of rotatable bonds is 8. The van der Waals surface area contributed by atoms with Crippen LogP contribution in [-0.4, -0.2) is 43.4 Å². The first-order valence-electron chi connectivity index (χ1n) is 11.3. The second kappa shape index (κ2) is 11.9. The zero-order valence-corrected chi connectivity index (χ0v) is 21.5. The lowest BCUT2D eigenvalue weighted by atomic mass is 9.78. The third-order valence-electron chi connectivity index (χ3n) is 5.52. The van der Waals surface area contributed by atoms with Crippen molar-refractivity contribution in [2.45, 2.75) is 32.0 Å². The summed E-state index contributed by atoms with van der Waals surface area (Å²) >= 11 is 5.86. The molecule has 3 N–H and O–H groups in total. The Morgan fingerprint density at radius 3 is 2.38 bits per heavy atom. The van der Waals surface area contributed by atoms with Crippen molar-refractivity contribution in [2.75, 3.05) is 26.1 Å². The number of esters is 2. The van der Waals surface area contributed by atoms with Gasteiger partial charge in [0.2, 0.25) is 0 Å². The van der Waals surface area contributed by atoms with Gasteiger partial charge in [-0.05, 0) is 38.1 Å². The van der Waals surface area contributed by atoms with Crippen molar-refractivity contribution in [1.29, 1.82) is 0 Å². The summed E-state index contributed by atoms with van der Waals surface area (Å²) in [5, 5.41) is 1.60. The van der Waals surface area contributed by atoms with E-state index in [-0.39, 0.29) is 17.3 Å². The van der Waals surface area contributed by atoms with Crippen LogP contribution < -0.4 is 15.8 Å². The summed E-state index contributed by atoms with van der Waals surface area (Å²) in [6.45, 7) is 0.870. The van der Waals surface area contributed by atoms with Crippen LogP contribution in [0.5, 0.6) is 5.75 Å². The van der Waals surface area contributed by atoms with Crippen molar-refractivity contribution in [3.63, 3.8) is 0 Å². The van der Waals surface area contributed by atoms with Gasteiger partial charge in [0, 0.05) is 11.8 Å². The van der Waals surface area contributed by atoms with Gasteiger partial charge in [-0.3, -0.25) is 0 Å². The van der Waals surface area contributed by atoms with Gasteiger partial charge in [0.1, 0.15) is 19.1 Å². The van der Waals surface area contributed by atoms with Crippen LogP contribution in [0.15, 0.2) is 53.0 Å². The van der Waals surface area contributed by atoms with E-state index in [1.165, 1.54) is 32.2 Å². The lowest BCUT2D eigenvalue weighted by Crippen LogP contribution is -2.38. The monoisotopic (exact) mass is 575 g/mol. The Balaban J connectivity index is 2.39. The predicted octanol–water partition coefficient (Wildman–Crippen LogP) is 4.84. The number of halogens is 6. The average molecular weight is 576 g/mol. The number of anilines is 1. The molecule has 0 fully saturated rings. The van der Waals surface area contributed by atoms with Gasteiger partial charge in [-0.2, -0.15) is 13.2 Å². The van der Waals surface area contributed by atoms with Crippen LogP contribution in [0.4, 0.5) is 27.8 Å². The van der Waals surface area contributed by atoms with Crippen molar-refractivity contribution in [3.05, 3.63) is 75.0 Å². The fraction of sp³-hybridized carbons (Fsp3) is 0.320. The number of nitrogens with one attached hydrogen (secondary N) is 1. The molecule has 1 atom stereocenters. The number of pyridine rings is 1. The van der Waals surface area contributed by atoms with Crippen molar-refractivity contribution in [1.82, 2.24) is 10.3 Å². The number of carbonyl (C=O) groups excluding carboxylic acids is 2. The summed E-state index contributed by atoms with van der Waals surface area (Å²) in [6.07, 6.45) is -4.67. The van der Waals surface area contributed by atoms with Crippen LogP contribution in [0.1, 0.15) is 30.9 Å². The molecule has 1 aromatic carbocycles. The van der Waals surface area contributed by atoms with E-state index in [4.69, 9.17) is 26.8 Å². The van der Waals surface area contributed by atoms with Crippen LogP contribution in [0.2, 0.25) is 5.02 Å². The van der Waals surface area contributed by atoms with Gasteiger partial charge in [-0.25, -0.2) is 23.4 Å². The maximum atomic E-state index is 15.4. The second-order valence-corrected chi connectivity index (χ2v) is 8.82. The maximum absolute atomic E-state index is 15.4. The molecule has 0 bridgehead atoms. The lowest BCUT2D eigenvalue weighted by molar-refractivity contribution is -0.144. The Labute approximate surface area is 224 Å². The zero-order chi connectivity index (χ0) is 29.1. The number of hydrogen-bond donors (Lipinski definition) is 2. The van der Waals surface area contributed by atoms with Crippen LogP contribution in [0, 0.1) is 5.82 Å². The van der Waals surface area contributed by atoms with Crippen molar-refractivity contribution < 1.29 is 45.8 Å². The molecule has 0 radical (unpaired) electrons. The molecule has 0 saturated carbocycles. The summed E-state index contributed by atoms with van der Waals surface area (Å²) in [5.74, 6) is -6.21. The first-order chi connectivity index (χ1) is 18.3. The number of carbonyl (C=O) groups is 2. The second-order valence-electron chi connectivity index (χ2n) is 8.41. The summed E-state index contributed by atoms with van der Waals surface area (Å²) in [6, 6.07) is 4.20. The highest BCUT2D eigenvalue weighted by atomic mass is 35.5. The quantitative estimate of drug-likeness (QED) is 0.340. The Bertz CT molecular complexity index is 1340. The van der Waals surface area contributed by atoms with Gasteiger partial charge in [-0.15, -0.1) is 0 Å². The van der Waals surface area contributed by atoms with Gasteiger partial charge >= 0.3 is 18.1 Å². The molecule has 1 aliphatic rings. The number of allylic oxidation sites excluding steroid dienone is 1. The fourth-order valence-corrected chi connectivity index (χ4v) is 4.27. The van der Waals surface area contributed by atoms with Crippen molar-refractivity contribution in [2.24, 2.45) is 0 Å². The molecule has 210 valence electrons. The molecule has 3 rings (SSSR count). The minimum absolute atomic E-state index is 0.0226. The van der Waals surface area contributed by atoms with Crippen LogP contribution in [-0.2, 0) is 25.2 Å². The molecule has 1 aliphatic heterocycles. The normalized spacial score (nSPS) is 15.8. The smallest absolute Gasteiger partial charge is 0.418 e. The van der Waals surface area contributed by atoms with E-state index < -0.39 is 82.2 Å². The van der Waals surface area contributed by atoms with Gasteiger partial charge in [0.05, 0.1) is 52.3 Å². The molecular weight excluding hydrogens is 553 g/mol.